The van der Waals surface area contributed by atoms with Gasteiger partial charge in [0, 0.05) is 0 Å². The maximum Gasteiger partial charge on any atom is 0.192 e. The number of benzene rings is 3. The van der Waals surface area contributed by atoms with Crippen molar-refractivity contribution in [1.82, 2.24) is 0 Å². The van der Waals surface area contributed by atoms with Gasteiger partial charge in [-0.1, -0.05) is 91.0 Å². The van der Waals surface area contributed by atoms with Crippen molar-refractivity contribution < 1.29 is 23.3 Å². The van der Waals surface area contributed by atoms with Crippen LogP contribution >= 0.6 is 0 Å². The fourth-order valence-corrected chi connectivity index (χ4v) is 3.54. The number of hydrogen-bond donors (Lipinski definition) is 0. The maximum absolute atomic E-state index is 15.2. The minimum absolute atomic E-state index is 0.222. The highest BCUT2D eigenvalue weighted by Gasteiger charge is 2.46. The highest BCUT2D eigenvalue weighted by molar-refractivity contribution is 5.15. The Kier molecular flexibility index (Phi) is 7.80. The first-order valence-corrected chi connectivity index (χ1v) is 10.5. The lowest BCUT2D eigenvalue weighted by Crippen LogP contribution is -2.35. The van der Waals surface area contributed by atoms with Crippen LogP contribution in [-0.4, -0.2) is 31.3 Å². The van der Waals surface area contributed by atoms with E-state index in [1.54, 1.807) is 0 Å². The molecule has 31 heavy (non-hydrogen) atoms. The standard InChI is InChI=1S/C26H27FO4/c27-24-25(29-17-21-12-6-2-7-13-21)23(19-28-16-20-10-4-1-5-11-20)31-26(24)30-18-22-14-8-3-9-15-22/h1-15,23-26H,16-19H2/t23-,24+,25-,26+/m1/s1. The number of halogens is 1. The molecule has 3 aromatic carbocycles. The number of alkyl halides is 1. The quantitative estimate of drug-likeness (QED) is 0.457. The molecule has 0 saturated carbocycles. The lowest BCUT2D eigenvalue weighted by Gasteiger charge is -2.20. The molecule has 0 bridgehead atoms. The van der Waals surface area contributed by atoms with Crippen LogP contribution in [0.25, 0.3) is 0 Å². The second kappa shape index (κ2) is 11.2. The first-order valence-electron chi connectivity index (χ1n) is 10.5. The van der Waals surface area contributed by atoms with Gasteiger partial charge in [-0.05, 0) is 16.7 Å². The molecule has 3 aromatic rings. The summed E-state index contributed by atoms with van der Waals surface area (Å²) in [7, 11) is 0. The van der Waals surface area contributed by atoms with Crippen LogP contribution in [0, 0.1) is 0 Å². The van der Waals surface area contributed by atoms with Crippen LogP contribution in [0.3, 0.4) is 0 Å². The summed E-state index contributed by atoms with van der Waals surface area (Å²) < 4.78 is 38.6. The van der Waals surface area contributed by atoms with Gasteiger partial charge < -0.3 is 18.9 Å². The minimum Gasteiger partial charge on any atom is -0.374 e. The van der Waals surface area contributed by atoms with Crippen LogP contribution in [0.15, 0.2) is 91.0 Å². The number of hydrogen-bond acceptors (Lipinski definition) is 4. The first kappa shape index (κ1) is 21.7. The largest absolute Gasteiger partial charge is 0.374 e. The molecule has 1 heterocycles. The third-order valence-electron chi connectivity index (χ3n) is 5.19. The SMILES string of the molecule is F[C@@H]1[C@@H](OCc2ccccc2)O[C@H](COCc2ccccc2)[C@H]1OCc1ccccc1. The molecule has 1 fully saturated rings. The first-order chi connectivity index (χ1) is 15.3. The van der Waals surface area contributed by atoms with Crippen LogP contribution in [0.2, 0.25) is 0 Å². The van der Waals surface area contributed by atoms with Gasteiger partial charge in [-0.15, -0.1) is 0 Å². The van der Waals surface area contributed by atoms with Gasteiger partial charge in [0.05, 0.1) is 26.4 Å². The van der Waals surface area contributed by atoms with E-state index >= 15 is 4.39 Å². The summed E-state index contributed by atoms with van der Waals surface area (Å²) in [6.07, 6.45) is -3.72. The van der Waals surface area contributed by atoms with Gasteiger partial charge >= 0.3 is 0 Å². The normalized spacial score (nSPS) is 23.1. The van der Waals surface area contributed by atoms with Crippen LogP contribution in [0.4, 0.5) is 4.39 Å². The van der Waals surface area contributed by atoms with E-state index in [2.05, 4.69) is 0 Å². The zero-order valence-corrected chi connectivity index (χ0v) is 17.3. The zero-order chi connectivity index (χ0) is 21.3. The van der Waals surface area contributed by atoms with E-state index in [-0.39, 0.29) is 13.2 Å². The van der Waals surface area contributed by atoms with Crippen molar-refractivity contribution >= 4 is 0 Å². The van der Waals surface area contributed by atoms with E-state index in [0.717, 1.165) is 16.7 Å². The molecule has 1 saturated heterocycles. The Balaban J connectivity index is 1.36. The summed E-state index contributed by atoms with van der Waals surface area (Å²) in [5.41, 5.74) is 2.99. The molecule has 0 unspecified atom stereocenters. The van der Waals surface area contributed by atoms with Gasteiger partial charge in [0.15, 0.2) is 12.5 Å². The zero-order valence-electron chi connectivity index (χ0n) is 17.3. The van der Waals surface area contributed by atoms with Crippen LogP contribution in [0.1, 0.15) is 16.7 Å². The predicted octanol–water partition coefficient (Wildman–Crippen LogP) is 5.07. The fraction of sp³-hybridized carbons (Fsp3) is 0.308. The minimum atomic E-state index is -1.40. The van der Waals surface area contributed by atoms with Gasteiger partial charge in [-0.3, -0.25) is 0 Å². The fourth-order valence-electron chi connectivity index (χ4n) is 3.54. The molecule has 5 heteroatoms. The molecule has 162 valence electrons. The van der Waals surface area contributed by atoms with Crippen molar-refractivity contribution in [3.63, 3.8) is 0 Å². The van der Waals surface area contributed by atoms with Crippen molar-refractivity contribution in [3.8, 4) is 0 Å². The van der Waals surface area contributed by atoms with Gasteiger partial charge in [0.25, 0.3) is 0 Å². The van der Waals surface area contributed by atoms with E-state index in [0.29, 0.717) is 13.2 Å². The average molecular weight is 422 g/mol. The van der Waals surface area contributed by atoms with E-state index in [4.69, 9.17) is 18.9 Å². The van der Waals surface area contributed by atoms with Gasteiger partial charge in [0.1, 0.15) is 12.2 Å². The molecule has 0 radical (unpaired) electrons. The lowest BCUT2D eigenvalue weighted by molar-refractivity contribution is -0.168. The average Bonchev–Trinajstić information content (AvgIpc) is 3.12. The summed E-state index contributed by atoms with van der Waals surface area (Å²) in [6, 6.07) is 29.2. The molecule has 0 aliphatic carbocycles. The molecule has 4 rings (SSSR count). The van der Waals surface area contributed by atoms with Crippen molar-refractivity contribution in [1.29, 1.82) is 0 Å². The Hall–Kier alpha value is -2.57. The Morgan fingerprint density at radius 2 is 1.13 bits per heavy atom. The van der Waals surface area contributed by atoms with E-state index in [1.807, 2.05) is 91.0 Å². The van der Waals surface area contributed by atoms with Gasteiger partial charge in [-0.2, -0.15) is 0 Å². The highest BCUT2D eigenvalue weighted by atomic mass is 19.1. The predicted molar refractivity (Wildman–Crippen MR) is 116 cm³/mol. The summed E-state index contributed by atoms with van der Waals surface area (Å²) >= 11 is 0. The summed E-state index contributed by atoms with van der Waals surface area (Å²) in [6.45, 7) is 1.23. The molecular formula is C26H27FO4. The molecule has 0 amide bonds. The summed E-state index contributed by atoms with van der Waals surface area (Å²) in [4.78, 5) is 0. The Morgan fingerprint density at radius 1 is 0.645 bits per heavy atom. The third kappa shape index (κ3) is 6.21. The lowest BCUT2D eigenvalue weighted by atomic mass is 10.1. The molecule has 4 nitrogen and oxygen atoms in total. The van der Waals surface area contributed by atoms with E-state index in [9.17, 15) is 0 Å². The third-order valence-corrected chi connectivity index (χ3v) is 5.19. The summed E-state index contributed by atoms with van der Waals surface area (Å²) in [5.74, 6) is 0. The smallest absolute Gasteiger partial charge is 0.192 e. The van der Waals surface area contributed by atoms with Crippen LogP contribution in [-0.2, 0) is 38.8 Å². The summed E-state index contributed by atoms with van der Waals surface area (Å²) in [5, 5.41) is 0. The van der Waals surface area contributed by atoms with Gasteiger partial charge in [-0.25, -0.2) is 4.39 Å². The van der Waals surface area contributed by atoms with Crippen molar-refractivity contribution in [2.45, 2.75) is 44.5 Å². The van der Waals surface area contributed by atoms with Crippen LogP contribution in [0.5, 0.6) is 0 Å². The highest BCUT2D eigenvalue weighted by Crippen LogP contribution is 2.29. The van der Waals surface area contributed by atoms with Crippen molar-refractivity contribution in [3.05, 3.63) is 108 Å². The number of rotatable bonds is 10. The Bertz CT molecular complexity index is 891. The molecule has 0 aromatic heterocycles. The topological polar surface area (TPSA) is 36.9 Å². The molecule has 4 atom stereocenters. The van der Waals surface area contributed by atoms with Crippen LogP contribution < -0.4 is 0 Å². The molecule has 1 aliphatic heterocycles. The molecule has 1 aliphatic rings. The second-order valence-corrected chi connectivity index (χ2v) is 7.55. The Morgan fingerprint density at radius 3 is 1.68 bits per heavy atom. The van der Waals surface area contributed by atoms with Crippen molar-refractivity contribution in [2.75, 3.05) is 6.61 Å². The maximum atomic E-state index is 15.2. The molecule has 0 spiro atoms. The van der Waals surface area contributed by atoms with E-state index < -0.39 is 24.7 Å². The molecule has 0 N–H and O–H groups in total. The van der Waals surface area contributed by atoms with Gasteiger partial charge in [0.2, 0.25) is 0 Å². The number of ether oxygens (including phenoxy) is 4. The van der Waals surface area contributed by atoms with Crippen molar-refractivity contribution in [2.24, 2.45) is 0 Å². The Labute approximate surface area is 182 Å². The van der Waals surface area contributed by atoms with E-state index in [1.165, 1.54) is 0 Å². The second-order valence-electron chi connectivity index (χ2n) is 7.55. The monoisotopic (exact) mass is 422 g/mol. The molecular weight excluding hydrogens is 395 g/mol.